The van der Waals surface area contributed by atoms with Gasteiger partial charge >= 0.3 is 0 Å². The molecular weight excluding hydrogens is 248 g/mol. The molecule has 2 rings (SSSR count). The third-order valence-corrected chi connectivity index (χ3v) is 4.18. The molecule has 0 aliphatic carbocycles. The van der Waals surface area contributed by atoms with E-state index in [9.17, 15) is 4.79 Å². The zero-order chi connectivity index (χ0) is 14.5. The molecule has 0 saturated carbocycles. The summed E-state index contributed by atoms with van der Waals surface area (Å²) in [5.74, 6) is 0.662. The Labute approximate surface area is 120 Å². The third kappa shape index (κ3) is 3.41. The molecule has 2 aromatic rings. The first-order valence-corrected chi connectivity index (χ1v) is 7.46. The standard InChI is InChI=1S/C17H24N2O/c1-4-12(2)13(3)19-17(20)10-9-14-11-18-16-8-6-5-7-15(14)16/h5-8,11-13,18H,4,9-10H2,1-3H3,(H,19,20). The fraction of sp³-hybridized carbons (Fsp3) is 0.471. The van der Waals surface area contributed by atoms with Crippen molar-refractivity contribution in [2.75, 3.05) is 0 Å². The Hall–Kier alpha value is -1.77. The zero-order valence-electron chi connectivity index (χ0n) is 12.6. The molecule has 20 heavy (non-hydrogen) atoms. The summed E-state index contributed by atoms with van der Waals surface area (Å²) in [7, 11) is 0. The normalized spacial score (nSPS) is 14.2. The quantitative estimate of drug-likeness (QED) is 0.828. The molecule has 108 valence electrons. The van der Waals surface area contributed by atoms with E-state index in [1.54, 1.807) is 0 Å². The maximum Gasteiger partial charge on any atom is 0.220 e. The van der Waals surface area contributed by atoms with Gasteiger partial charge in [0.2, 0.25) is 5.91 Å². The number of aromatic nitrogens is 1. The second kappa shape index (κ2) is 6.60. The van der Waals surface area contributed by atoms with Crippen molar-refractivity contribution in [3.8, 4) is 0 Å². The molecule has 1 aromatic carbocycles. The van der Waals surface area contributed by atoms with Gasteiger partial charge in [0.15, 0.2) is 0 Å². The van der Waals surface area contributed by atoms with Gasteiger partial charge in [-0.25, -0.2) is 0 Å². The van der Waals surface area contributed by atoms with Crippen molar-refractivity contribution in [1.29, 1.82) is 0 Å². The van der Waals surface area contributed by atoms with Crippen LogP contribution in [-0.4, -0.2) is 16.9 Å². The second-order valence-electron chi connectivity index (χ2n) is 5.60. The molecule has 1 amide bonds. The van der Waals surface area contributed by atoms with E-state index in [1.165, 1.54) is 10.9 Å². The Morgan fingerprint density at radius 3 is 2.80 bits per heavy atom. The average Bonchev–Trinajstić information content (AvgIpc) is 2.87. The van der Waals surface area contributed by atoms with Crippen molar-refractivity contribution in [2.24, 2.45) is 5.92 Å². The topological polar surface area (TPSA) is 44.9 Å². The minimum atomic E-state index is 0.142. The minimum Gasteiger partial charge on any atom is -0.361 e. The minimum absolute atomic E-state index is 0.142. The number of hydrogen-bond acceptors (Lipinski definition) is 1. The van der Waals surface area contributed by atoms with E-state index in [0.29, 0.717) is 12.3 Å². The summed E-state index contributed by atoms with van der Waals surface area (Å²) in [4.78, 5) is 15.2. The van der Waals surface area contributed by atoms with Gasteiger partial charge in [0.25, 0.3) is 0 Å². The first-order chi connectivity index (χ1) is 9.61. The van der Waals surface area contributed by atoms with E-state index in [-0.39, 0.29) is 11.9 Å². The number of amides is 1. The molecular formula is C17H24N2O. The van der Waals surface area contributed by atoms with E-state index >= 15 is 0 Å². The van der Waals surface area contributed by atoms with E-state index < -0.39 is 0 Å². The predicted molar refractivity (Wildman–Crippen MR) is 83.7 cm³/mol. The van der Waals surface area contributed by atoms with Crippen LogP contribution in [0, 0.1) is 5.92 Å². The second-order valence-corrected chi connectivity index (χ2v) is 5.60. The lowest BCUT2D eigenvalue weighted by Crippen LogP contribution is -2.36. The van der Waals surface area contributed by atoms with Crippen LogP contribution in [0.1, 0.15) is 39.2 Å². The van der Waals surface area contributed by atoms with Crippen LogP contribution < -0.4 is 5.32 Å². The van der Waals surface area contributed by atoms with Crippen LogP contribution in [0.5, 0.6) is 0 Å². The van der Waals surface area contributed by atoms with E-state index in [4.69, 9.17) is 0 Å². The van der Waals surface area contributed by atoms with Crippen LogP contribution in [0.15, 0.2) is 30.5 Å². The number of nitrogens with one attached hydrogen (secondary N) is 2. The molecule has 1 heterocycles. The van der Waals surface area contributed by atoms with Gasteiger partial charge in [0.1, 0.15) is 0 Å². The van der Waals surface area contributed by atoms with E-state index in [1.807, 2.05) is 18.3 Å². The zero-order valence-corrected chi connectivity index (χ0v) is 12.6. The van der Waals surface area contributed by atoms with Crippen LogP contribution in [0.3, 0.4) is 0 Å². The van der Waals surface area contributed by atoms with Gasteiger partial charge in [-0.05, 0) is 30.9 Å². The summed E-state index contributed by atoms with van der Waals surface area (Å²) < 4.78 is 0. The molecule has 3 nitrogen and oxygen atoms in total. The van der Waals surface area contributed by atoms with Gasteiger partial charge in [-0.2, -0.15) is 0 Å². The highest BCUT2D eigenvalue weighted by atomic mass is 16.1. The fourth-order valence-electron chi connectivity index (χ4n) is 2.41. The van der Waals surface area contributed by atoms with Gasteiger partial charge < -0.3 is 10.3 Å². The largest absolute Gasteiger partial charge is 0.361 e. The average molecular weight is 272 g/mol. The molecule has 3 heteroatoms. The number of fused-ring (bicyclic) bond motifs is 1. The number of H-pyrrole nitrogens is 1. The van der Waals surface area contributed by atoms with E-state index in [0.717, 1.165) is 18.4 Å². The highest BCUT2D eigenvalue weighted by Crippen LogP contribution is 2.19. The summed E-state index contributed by atoms with van der Waals surface area (Å²) in [6.07, 6.45) is 4.42. The predicted octanol–water partition coefficient (Wildman–Crippen LogP) is 3.65. The van der Waals surface area contributed by atoms with Crippen LogP contribution in [0.25, 0.3) is 10.9 Å². The van der Waals surface area contributed by atoms with Crippen LogP contribution in [-0.2, 0) is 11.2 Å². The highest BCUT2D eigenvalue weighted by Gasteiger charge is 2.13. The lowest BCUT2D eigenvalue weighted by molar-refractivity contribution is -0.121. The van der Waals surface area contributed by atoms with Crippen molar-refractivity contribution < 1.29 is 4.79 Å². The number of carbonyl (C=O) groups is 1. The molecule has 0 aliphatic heterocycles. The molecule has 0 radical (unpaired) electrons. The molecule has 0 bridgehead atoms. The maximum atomic E-state index is 12.0. The Morgan fingerprint density at radius 2 is 2.05 bits per heavy atom. The lowest BCUT2D eigenvalue weighted by Gasteiger charge is -2.19. The van der Waals surface area contributed by atoms with Crippen molar-refractivity contribution >= 4 is 16.8 Å². The number of para-hydroxylation sites is 1. The molecule has 2 atom stereocenters. The number of aromatic amines is 1. The van der Waals surface area contributed by atoms with Crippen molar-refractivity contribution in [2.45, 2.75) is 46.1 Å². The van der Waals surface area contributed by atoms with Gasteiger partial charge in [-0.15, -0.1) is 0 Å². The Morgan fingerprint density at radius 1 is 1.30 bits per heavy atom. The summed E-state index contributed by atoms with van der Waals surface area (Å²) >= 11 is 0. The maximum absolute atomic E-state index is 12.0. The first kappa shape index (κ1) is 14.6. The number of carbonyl (C=O) groups excluding carboxylic acids is 1. The Bertz CT molecular complexity index is 573. The summed E-state index contributed by atoms with van der Waals surface area (Å²) in [5.41, 5.74) is 2.35. The van der Waals surface area contributed by atoms with Crippen molar-refractivity contribution in [1.82, 2.24) is 10.3 Å². The van der Waals surface area contributed by atoms with Crippen LogP contribution in [0.4, 0.5) is 0 Å². The van der Waals surface area contributed by atoms with Gasteiger partial charge in [0, 0.05) is 29.6 Å². The monoisotopic (exact) mass is 272 g/mol. The summed E-state index contributed by atoms with van der Waals surface area (Å²) in [6.45, 7) is 6.40. The van der Waals surface area contributed by atoms with Crippen LogP contribution in [0.2, 0.25) is 0 Å². The molecule has 0 fully saturated rings. The lowest BCUT2D eigenvalue weighted by atomic mass is 10.0. The Kier molecular flexibility index (Phi) is 4.83. The Balaban J connectivity index is 1.90. The molecule has 0 saturated heterocycles. The molecule has 2 N–H and O–H groups in total. The van der Waals surface area contributed by atoms with E-state index in [2.05, 4.69) is 43.2 Å². The number of rotatable bonds is 6. The van der Waals surface area contributed by atoms with Crippen LogP contribution >= 0.6 is 0 Å². The van der Waals surface area contributed by atoms with Gasteiger partial charge in [0.05, 0.1) is 0 Å². The number of benzene rings is 1. The third-order valence-electron chi connectivity index (χ3n) is 4.18. The number of hydrogen-bond donors (Lipinski definition) is 2. The SMILES string of the molecule is CCC(C)C(C)NC(=O)CCc1c[nH]c2ccccc12. The molecule has 0 spiro atoms. The van der Waals surface area contributed by atoms with Crippen molar-refractivity contribution in [3.63, 3.8) is 0 Å². The fourth-order valence-corrected chi connectivity index (χ4v) is 2.41. The number of aryl methyl sites for hydroxylation is 1. The molecule has 1 aromatic heterocycles. The summed E-state index contributed by atoms with van der Waals surface area (Å²) in [6, 6.07) is 8.45. The van der Waals surface area contributed by atoms with Gasteiger partial charge in [-0.1, -0.05) is 38.5 Å². The smallest absolute Gasteiger partial charge is 0.220 e. The van der Waals surface area contributed by atoms with Crippen molar-refractivity contribution in [3.05, 3.63) is 36.0 Å². The molecule has 0 aliphatic rings. The first-order valence-electron chi connectivity index (χ1n) is 7.46. The highest BCUT2D eigenvalue weighted by molar-refractivity contribution is 5.84. The summed E-state index contributed by atoms with van der Waals surface area (Å²) in [5, 5.41) is 4.31. The molecule has 2 unspecified atom stereocenters. The van der Waals surface area contributed by atoms with Gasteiger partial charge in [-0.3, -0.25) is 4.79 Å².